The Hall–Kier alpha value is -3.30. The summed E-state index contributed by atoms with van der Waals surface area (Å²) in [6.45, 7) is 2.58. The molecule has 1 N–H and O–H groups in total. The minimum atomic E-state index is -0.0316. The summed E-state index contributed by atoms with van der Waals surface area (Å²) in [7, 11) is 0. The molecule has 0 saturated carbocycles. The number of rotatable bonds is 5. The summed E-state index contributed by atoms with van der Waals surface area (Å²) in [5, 5.41) is 3.00. The van der Waals surface area contributed by atoms with Crippen LogP contribution in [0, 0.1) is 23.7 Å². The van der Waals surface area contributed by atoms with Gasteiger partial charge in [-0.15, -0.1) is 0 Å². The third kappa shape index (κ3) is 6.15. The van der Waals surface area contributed by atoms with E-state index in [4.69, 9.17) is 0 Å². The summed E-state index contributed by atoms with van der Waals surface area (Å²) in [6.07, 6.45) is 9.03. The van der Waals surface area contributed by atoms with Crippen LogP contribution in [0.3, 0.4) is 0 Å². The van der Waals surface area contributed by atoms with Crippen LogP contribution in [-0.2, 0) is 4.79 Å². The summed E-state index contributed by atoms with van der Waals surface area (Å²) in [5.41, 5.74) is 5.30. The van der Waals surface area contributed by atoms with Crippen molar-refractivity contribution in [1.29, 1.82) is 0 Å². The second-order valence-corrected chi connectivity index (χ2v) is 6.88. The minimum absolute atomic E-state index is 0.0316. The average molecular weight is 368 g/mol. The maximum atomic E-state index is 12.4. The molecule has 1 amide bonds. The van der Waals surface area contributed by atoms with Crippen LogP contribution >= 0.6 is 0 Å². The molecule has 1 aromatic rings. The quantitative estimate of drug-likeness (QED) is 0.767. The largest absolute Gasteiger partial charge is 0.352 e. The molecular formula is C25H24N2O. The van der Waals surface area contributed by atoms with Gasteiger partial charge in [0.1, 0.15) is 0 Å². The maximum Gasteiger partial charge on any atom is 0.225 e. The third-order valence-corrected chi connectivity index (χ3v) is 4.49. The van der Waals surface area contributed by atoms with E-state index >= 15 is 0 Å². The summed E-state index contributed by atoms with van der Waals surface area (Å²) in [5.74, 6) is 12.5. The van der Waals surface area contributed by atoms with E-state index in [1.165, 1.54) is 5.57 Å². The van der Waals surface area contributed by atoms with Crippen molar-refractivity contribution in [1.82, 2.24) is 5.32 Å². The summed E-state index contributed by atoms with van der Waals surface area (Å²) >= 11 is 0. The zero-order valence-corrected chi connectivity index (χ0v) is 16.2. The van der Waals surface area contributed by atoms with Crippen LogP contribution in [0.5, 0.6) is 0 Å². The summed E-state index contributed by atoms with van der Waals surface area (Å²) in [6, 6.07) is 10.1. The van der Waals surface area contributed by atoms with Gasteiger partial charge in [-0.3, -0.25) is 9.79 Å². The number of amides is 1. The number of allylic oxidation sites excluding steroid dienone is 3. The highest BCUT2D eigenvalue weighted by atomic mass is 16.1. The predicted octanol–water partition coefficient (Wildman–Crippen LogP) is 4.44. The van der Waals surface area contributed by atoms with Crippen molar-refractivity contribution < 1.29 is 4.79 Å². The molecule has 1 aliphatic heterocycles. The fraction of sp³-hybridized carbons (Fsp3) is 0.280. The van der Waals surface area contributed by atoms with E-state index in [0.29, 0.717) is 19.4 Å². The van der Waals surface area contributed by atoms with Crippen LogP contribution in [-0.4, -0.2) is 18.2 Å². The first kappa shape index (κ1) is 19.5. The highest BCUT2D eigenvalue weighted by molar-refractivity contribution is 6.02. The van der Waals surface area contributed by atoms with Gasteiger partial charge in [0.2, 0.25) is 5.91 Å². The Bertz CT molecular complexity index is 970. The second-order valence-electron chi connectivity index (χ2n) is 6.88. The zero-order chi connectivity index (χ0) is 19.6. The molecule has 28 heavy (non-hydrogen) atoms. The molecule has 1 aromatic carbocycles. The number of benzene rings is 1. The molecule has 3 rings (SSSR count). The molecule has 2 aliphatic rings. The van der Waals surface area contributed by atoms with Crippen molar-refractivity contribution in [3.05, 3.63) is 65.4 Å². The zero-order valence-electron chi connectivity index (χ0n) is 16.2. The average Bonchev–Trinajstić information content (AvgIpc) is 2.66. The van der Waals surface area contributed by atoms with Crippen molar-refractivity contribution in [3.63, 3.8) is 0 Å². The minimum Gasteiger partial charge on any atom is -0.352 e. The third-order valence-electron chi connectivity index (χ3n) is 4.49. The molecule has 0 unspecified atom stereocenters. The molecule has 3 heteroatoms. The number of aliphatic imine (C=N–C) groups is 1. The van der Waals surface area contributed by atoms with Crippen molar-refractivity contribution in [2.75, 3.05) is 6.54 Å². The summed E-state index contributed by atoms with van der Waals surface area (Å²) in [4.78, 5) is 17.0. The normalized spacial score (nSPS) is 21.6. The van der Waals surface area contributed by atoms with Gasteiger partial charge in [-0.05, 0) is 23.6 Å². The second kappa shape index (κ2) is 10.1. The number of carbonyl (C=O) groups excluding carboxylic acids is 1. The first-order valence-electron chi connectivity index (χ1n) is 9.55. The van der Waals surface area contributed by atoms with Gasteiger partial charge in [-0.25, -0.2) is 0 Å². The molecule has 0 atom stereocenters. The Morgan fingerprint density at radius 1 is 1.07 bits per heavy atom. The van der Waals surface area contributed by atoms with E-state index < -0.39 is 0 Å². The van der Waals surface area contributed by atoms with E-state index in [1.54, 1.807) is 0 Å². The Kier molecular flexibility index (Phi) is 7.05. The van der Waals surface area contributed by atoms with Gasteiger partial charge in [-0.2, -0.15) is 0 Å². The molecule has 140 valence electrons. The van der Waals surface area contributed by atoms with Crippen LogP contribution in [0.15, 0.2) is 64.8 Å². The molecule has 0 aromatic heterocycles. The van der Waals surface area contributed by atoms with Gasteiger partial charge >= 0.3 is 0 Å². The molecule has 1 heterocycles. The molecule has 0 saturated heterocycles. The summed E-state index contributed by atoms with van der Waals surface area (Å²) < 4.78 is 0. The van der Waals surface area contributed by atoms with E-state index in [-0.39, 0.29) is 12.3 Å². The first-order chi connectivity index (χ1) is 13.7. The number of carbonyl (C=O) groups is 1. The van der Waals surface area contributed by atoms with Gasteiger partial charge < -0.3 is 5.32 Å². The standard InChI is InChI=1S/C25H24N2O/c1-20-10-4-2-5-11-21(16-20)18-27-25(28)17-24-15-9-8-14-23(19-26-24)22-12-6-3-7-13-22/h3,6-7,11-13,16,19H,5,10,14-15,17-18H2,1H3,(H,27,28)/b20-16-,21-11+,23-19+,26-24?. The first-order valence-corrected chi connectivity index (χ1v) is 9.55. The maximum absolute atomic E-state index is 12.4. The smallest absolute Gasteiger partial charge is 0.225 e. The highest BCUT2D eigenvalue weighted by Crippen LogP contribution is 2.18. The lowest BCUT2D eigenvalue weighted by Crippen LogP contribution is -2.27. The van der Waals surface area contributed by atoms with E-state index in [2.05, 4.69) is 65.2 Å². The van der Waals surface area contributed by atoms with E-state index in [9.17, 15) is 4.79 Å². The molecular weight excluding hydrogens is 344 g/mol. The predicted molar refractivity (Wildman–Crippen MR) is 115 cm³/mol. The van der Waals surface area contributed by atoms with Crippen LogP contribution in [0.25, 0.3) is 5.57 Å². The SMILES string of the molecule is C/C1=C/C(CNC(=O)CC2=N/C=C(/c3ccccc3)CC#CC2)=C\CC#CC1. The van der Waals surface area contributed by atoms with Crippen LogP contribution < -0.4 is 5.32 Å². The van der Waals surface area contributed by atoms with Crippen LogP contribution in [0.2, 0.25) is 0 Å². The molecule has 1 aliphatic carbocycles. The topological polar surface area (TPSA) is 41.5 Å². The van der Waals surface area contributed by atoms with E-state index in [1.807, 2.05) is 24.4 Å². The molecule has 3 nitrogen and oxygen atoms in total. The van der Waals surface area contributed by atoms with Crippen molar-refractivity contribution in [3.8, 4) is 23.7 Å². The number of nitrogens with one attached hydrogen (secondary N) is 1. The van der Waals surface area contributed by atoms with Gasteiger partial charge in [-0.1, -0.05) is 71.7 Å². The monoisotopic (exact) mass is 368 g/mol. The number of nitrogens with zero attached hydrogens (tertiary/aromatic N) is 1. The van der Waals surface area contributed by atoms with Gasteiger partial charge in [0.25, 0.3) is 0 Å². The van der Waals surface area contributed by atoms with Crippen molar-refractivity contribution >= 4 is 17.2 Å². The van der Waals surface area contributed by atoms with Gasteiger partial charge in [0, 0.05) is 44.1 Å². The fourth-order valence-corrected chi connectivity index (χ4v) is 2.97. The fourth-order valence-electron chi connectivity index (χ4n) is 2.97. The highest BCUT2D eigenvalue weighted by Gasteiger charge is 2.09. The van der Waals surface area contributed by atoms with E-state index in [0.717, 1.165) is 35.3 Å². The molecule has 0 spiro atoms. The molecule has 0 fully saturated rings. The van der Waals surface area contributed by atoms with Crippen molar-refractivity contribution in [2.45, 2.75) is 39.0 Å². The van der Waals surface area contributed by atoms with Crippen LogP contribution in [0.4, 0.5) is 0 Å². The lowest BCUT2D eigenvalue weighted by molar-refractivity contribution is -0.119. The Balaban J connectivity index is 1.61. The van der Waals surface area contributed by atoms with Gasteiger partial charge in [0.15, 0.2) is 0 Å². The van der Waals surface area contributed by atoms with Crippen molar-refractivity contribution in [2.24, 2.45) is 4.99 Å². The van der Waals surface area contributed by atoms with Crippen LogP contribution in [0.1, 0.15) is 44.6 Å². The van der Waals surface area contributed by atoms with Gasteiger partial charge in [0.05, 0.1) is 6.42 Å². The number of hydrogen-bond donors (Lipinski definition) is 1. The molecule has 0 bridgehead atoms. The lowest BCUT2D eigenvalue weighted by atomic mass is 10.0. The Morgan fingerprint density at radius 2 is 1.86 bits per heavy atom. The molecule has 0 radical (unpaired) electrons. The lowest BCUT2D eigenvalue weighted by Gasteiger charge is -2.10. The Morgan fingerprint density at radius 3 is 2.71 bits per heavy atom. The Labute approximate surface area is 167 Å². The number of hydrogen-bond acceptors (Lipinski definition) is 2.